The van der Waals surface area contributed by atoms with Crippen molar-refractivity contribution >= 4 is 11.9 Å². The highest BCUT2D eigenvalue weighted by Gasteiger charge is 2.38. The fourth-order valence-corrected chi connectivity index (χ4v) is 2.74. The number of ether oxygens (including phenoxy) is 1. The molecule has 0 unspecified atom stereocenters. The first-order chi connectivity index (χ1) is 9.37. The molecule has 5 heteroatoms. The Labute approximate surface area is 122 Å². The number of rotatable bonds is 6. The zero-order chi connectivity index (χ0) is 15.2. The van der Waals surface area contributed by atoms with Crippen LogP contribution in [0.15, 0.2) is 0 Å². The number of likely N-dealkylation sites (tertiary alicyclic amines) is 1. The molecule has 5 nitrogen and oxygen atoms in total. The second-order valence-electron chi connectivity index (χ2n) is 6.18. The predicted octanol–water partition coefficient (Wildman–Crippen LogP) is 1.57. The first-order valence-corrected chi connectivity index (χ1v) is 7.50. The number of nitrogens with zero attached hydrogens (tertiary/aromatic N) is 1. The minimum absolute atomic E-state index is 0.0360. The second kappa shape index (κ2) is 7.62. The smallest absolute Gasteiger partial charge is 0.306 e. The normalized spacial score (nSPS) is 18.9. The summed E-state index contributed by atoms with van der Waals surface area (Å²) in [7, 11) is 2.07. The summed E-state index contributed by atoms with van der Waals surface area (Å²) >= 11 is 0. The molecule has 1 amide bonds. The van der Waals surface area contributed by atoms with Gasteiger partial charge < -0.3 is 15.0 Å². The number of carbonyl (C=O) groups is 2. The van der Waals surface area contributed by atoms with Crippen molar-refractivity contribution in [2.24, 2.45) is 5.41 Å². The maximum absolute atomic E-state index is 12.1. The van der Waals surface area contributed by atoms with E-state index in [-0.39, 0.29) is 23.3 Å². The van der Waals surface area contributed by atoms with Crippen LogP contribution in [0.3, 0.4) is 0 Å². The van der Waals surface area contributed by atoms with Gasteiger partial charge in [0.05, 0.1) is 13.0 Å². The third-order valence-corrected chi connectivity index (χ3v) is 3.86. The lowest BCUT2D eigenvalue weighted by molar-refractivity contribution is -0.147. The van der Waals surface area contributed by atoms with Crippen LogP contribution < -0.4 is 5.32 Å². The van der Waals surface area contributed by atoms with Crippen molar-refractivity contribution in [3.8, 4) is 0 Å². The Balaban J connectivity index is 2.68. The lowest BCUT2D eigenvalue weighted by atomic mass is 9.73. The topological polar surface area (TPSA) is 58.6 Å². The van der Waals surface area contributed by atoms with Crippen molar-refractivity contribution < 1.29 is 14.3 Å². The van der Waals surface area contributed by atoms with E-state index in [2.05, 4.69) is 17.3 Å². The first kappa shape index (κ1) is 17.0. The molecule has 20 heavy (non-hydrogen) atoms. The Morgan fingerprint density at radius 2 is 1.85 bits per heavy atom. The van der Waals surface area contributed by atoms with Gasteiger partial charge in [0.15, 0.2) is 0 Å². The van der Waals surface area contributed by atoms with E-state index in [1.54, 1.807) is 0 Å². The molecule has 0 spiro atoms. The Hall–Kier alpha value is -1.10. The summed E-state index contributed by atoms with van der Waals surface area (Å²) in [5.41, 5.74) is -0.238. The Kier molecular flexibility index (Phi) is 6.46. The van der Waals surface area contributed by atoms with E-state index in [0.717, 1.165) is 25.9 Å². The molecule has 0 aromatic rings. The van der Waals surface area contributed by atoms with Gasteiger partial charge in [0.1, 0.15) is 0 Å². The van der Waals surface area contributed by atoms with E-state index in [1.165, 1.54) is 0 Å². The number of hydrogen-bond donors (Lipinski definition) is 1. The van der Waals surface area contributed by atoms with Crippen LogP contribution >= 0.6 is 0 Å². The number of hydrogen-bond acceptors (Lipinski definition) is 4. The highest BCUT2D eigenvalue weighted by atomic mass is 16.5. The summed E-state index contributed by atoms with van der Waals surface area (Å²) < 4.78 is 5.07. The fraction of sp³-hybridized carbons (Fsp3) is 0.867. The van der Waals surface area contributed by atoms with Crippen LogP contribution in [0.2, 0.25) is 0 Å². The van der Waals surface area contributed by atoms with Crippen molar-refractivity contribution in [1.29, 1.82) is 0 Å². The van der Waals surface area contributed by atoms with Gasteiger partial charge in [-0.3, -0.25) is 9.59 Å². The van der Waals surface area contributed by atoms with E-state index in [9.17, 15) is 9.59 Å². The Bertz CT molecular complexity index is 334. The minimum atomic E-state index is -0.238. The van der Waals surface area contributed by atoms with Gasteiger partial charge in [-0.25, -0.2) is 0 Å². The van der Waals surface area contributed by atoms with Crippen LogP contribution in [0.5, 0.6) is 0 Å². The van der Waals surface area contributed by atoms with Gasteiger partial charge in [0.2, 0.25) is 5.91 Å². The van der Waals surface area contributed by atoms with Crippen LogP contribution in [0.4, 0.5) is 0 Å². The third kappa shape index (κ3) is 5.49. The summed E-state index contributed by atoms with van der Waals surface area (Å²) in [6.07, 6.45) is 2.50. The molecule has 0 radical (unpaired) electrons. The number of amides is 1. The lowest BCUT2D eigenvalue weighted by Crippen LogP contribution is -2.43. The zero-order valence-corrected chi connectivity index (χ0v) is 13.2. The molecule has 0 saturated carbocycles. The number of esters is 1. The molecule has 1 aliphatic heterocycles. The van der Waals surface area contributed by atoms with Crippen LogP contribution in [0, 0.1) is 5.41 Å². The quantitative estimate of drug-likeness (QED) is 0.752. The molecule has 1 rings (SSSR count). The molecule has 0 atom stereocenters. The van der Waals surface area contributed by atoms with Crippen molar-refractivity contribution in [3.05, 3.63) is 0 Å². The van der Waals surface area contributed by atoms with Crippen molar-refractivity contribution in [1.82, 2.24) is 10.2 Å². The Morgan fingerprint density at radius 1 is 1.25 bits per heavy atom. The van der Waals surface area contributed by atoms with E-state index >= 15 is 0 Å². The molecule has 0 aromatic carbocycles. The number of carbonyl (C=O) groups excluding carboxylic acids is 2. The van der Waals surface area contributed by atoms with Crippen LogP contribution in [-0.2, 0) is 14.3 Å². The van der Waals surface area contributed by atoms with E-state index in [0.29, 0.717) is 19.4 Å². The van der Waals surface area contributed by atoms with Crippen LogP contribution in [-0.4, -0.2) is 49.6 Å². The van der Waals surface area contributed by atoms with Gasteiger partial charge in [0, 0.05) is 12.5 Å². The monoisotopic (exact) mass is 284 g/mol. The van der Waals surface area contributed by atoms with Gasteiger partial charge in [0.25, 0.3) is 0 Å². The summed E-state index contributed by atoms with van der Waals surface area (Å²) in [5.74, 6) is -0.150. The van der Waals surface area contributed by atoms with Gasteiger partial charge >= 0.3 is 5.97 Å². The van der Waals surface area contributed by atoms with Crippen molar-refractivity contribution in [2.75, 3.05) is 26.7 Å². The van der Waals surface area contributed by atoms with E-state index < -0.39 is 0 Å². The standard InChI is InChI=1S/C15H28N2O3/c1-5-20-14(19)11-15(6-8-17(4)9-7-15)10-13(18)16-12(2)3/h12H,5-11H2,1-4H3,(H,16,18). The molecule has 1 heterocycles. The summed E-state index contributed by atoms with van der Waals surface area (Å²) in [6, 6.07) is 0.133. The molecular weight excluding hydrogens is 256 g/mol. The summed E-state index contributed by atoms with van der Waals surface area (Å²) in [5, 5.41) is 2.93. The zero-order valence-electron chi connectivity index (χ0n) is 13.2. The third-order valence-electron chi connectivity index (χ3n) is 3.86. The maximum Gasteiger partial charge on any atom is 0.306 e. The number of piperidine rings is 1. The summed E-state index contributed by atoms with van der Waals surface area (Å²) in [6.45, 7) is 7.95. The second-order valence-corrected chi connectivity index (χ2v) is 6.18. The van der Waals surface area contributed by atoms with Crippen molar-refractivity contribution in [3.63, 3.8) is 0 Å². The van der Waals surface area contributed by atoms with Gasteiger partial charge in [-0.05, 0) is 59.2 Å². The van der Waals surface area contributed by atoms with E-state index in [4.69, 9.17) is 4.74 Å². The lowest BCUT2D eigenvalue weighted by Gasteiger charge is -2.39. The molecule has 0 aliphatic carbocycles. The molecule has 1 N–H and O–H groups in total. The molecule has 1 aliphatic rings. The van der Waals surface area contributed by atoms with Gasteiger partial charge in [-0.2, -0.15) is 0 Å². The van der Waals surface area contributed by atoms with Gasteiger partial charge in [-0.1, -0.05) is 0 Å². The molecule has 0 aromatic heterocycles. The predicted molar refractivity (Wildman–Crippen MR) is 78.3 cm³/mol. The largest absolute Gasteiger partial charge is 0.466 e. The highest BCUT2D eigenvalue weighted by molar-refractivity contribution is 5.78. The average molecular weight is 284 g/mol. The molecule has 116 valence electrons. The van der Waals surface area contributed by atoms with Crippen LogP contribution in [0.1, 0.15) is 46.5 Å². The summed E-state index contributed by atoms with van der Waals surface area (Å²) in [4.78, 5) is 26.1. The number of nitrogens with one attached hydrogen (secondary N) is 1. The Morgan fingerprint density at radius 3 is 2.35 bits per heavy atom. The van der Waals surface area contributed by atoms with Gasteiger partial charge in [-0.15, -0.1) is 0 Å². The maximum atomic E-state index is 12.1. The SMILES string of the molecule is CCOC(=O)CC1(CC(=O)NC(C)C)CCN(C)CC1. The first-order valence-electron chi connectivity index (χ1n) is 7.50. The average Bonchev–Trinajstić information content (AvgIpc) is 2.32. The highest BCUT2D eigenvalue weighted by Crippen LogP contribution is 2.38. The van der Waals surface area contributed by atoms with Crippen LogP contribution in [0.25, 0.3) is 0 Å². The van der Waals surface area contributed by atoms with E-state index in [1.807, 2.05) is 20.8 Å². The molecule has 0 bridgehead atoms. The molecule has 1 saturated heterocycles. The minimum Gasteiger partial charge on any atom is -0.466 e. The molecule has 1 fully saturated rings. The van der Waals surface area contributed by atoms with Crippen molar-refractivity contribution in [2.45, 2.75) is 52.5 Å². The fourth-order valence-electron chi connectivity index (χ4n) is 2.74. The molecular formula is C15H28N2O3.